The second kappa shape index (κ2) is 9.40. The molecule has 2 aromatic carbocycles. The van der Waals surface area contributed by atoms with Crippen LogP contribution < -0.4 is 10.6 Å². The number of hydrogen-bond donors (Lipinski definition) is 2. The molecule has 0 unspecified atom stereocenters. The lowest BCUT2D eigenvalue weighted by atomic mass is 9.98. The van der Waals surface area contributed by atoms with Crippen molar-refractivity contribution < 1.29 is 0 Å². The summed E-state index contributed by atoms with van der Waals surface area (Å²) in [4.78, 5) is 2.18. The van der Waals surface area contributed by atoms with Gasteiger partial charge < -0.3 is 15.5 Å². The van der Waals surface area contributed by atoms with Crippen LogP contribution in [0.2, 0.25) is 0 Å². The molecule has 0 spiro atoms. The van der Waals surface area contributed by atoms with E-state index < -0.39 is 0 Å². The highest BCUT2D eigenvalue weighted by Gasteiger charge is 2.14. The van der Waals surface area contributed by atoms with Gasteiger partial charge in [-0.15, -0.1) is 0 Å². The number of rotatable bonds is 7. The van der Waals surface area contributed by atoms with Gasteiger partial charge in [0.1, 0.15) is 0 Å². The van der Waals surface area contributed by atoms with Crippen molar-refractivity contribution in [1.29, 1.82) is 0 Å². The molecule has 24 heavy (non-hydrogen) atoms. The van der Waals surface area contributed by atoms with Crippen molar-refractivity contribution in [2.24, 2.45) is 0 Å². The number of benzene rings is 2. The Hall–Kier alpha value is -1.91. The third kappa shape index (κ3) is 5.95. The summed E-state index contributed by atoms with van der Waals surface area (Å²) >= 11 is 5.50. The molecule has 1 atom stereocenters. The van der Waals surface area contributed by atoms with Gasteiger partial charge >= 0.3 is 0 Å². The Balaban J connectivity index is 2.04. The zero-order valence-electron chi connectivity index (χ0n) is 14.8. The lowest BCUT2D eigenvalue weighted by Gasteiger charge is -2.22. The van der Waals surface area contributed by atoms with Crippen molar-refractivity contribution in [2.75, 3.05) is 27.2 Å². The average Bonchev–Trinajstić information content (AvgIpc) is 2.58. The van der Waals surface area contributed by atoms with Crippen LogP contribution in [0.3, 0.4) is 0 Å². The van der Waals surface area contributed by atoms with Crippen molar-refractivity contribution in [2.45, 2.75) is 19.4 Å². The molecule has 0 bridgehead atoms. The molecule has 0 amide bonds. The molecule has 0 fully saturated rings. The standard InChI is InChI=1S/C20H27N3S/c1-16-10-12-18(13-11-16)19(17-8-5-4-6-9-17)22-20(24)21-14-7-15-23(2)3/h4-6,8-13,19H,7,14-15H2,1-3H3,(H2,21,22,24)/t19-/m1/s1. The Morgan fingerprint density at radius 2 is 1.62 bits per heavy atom. The van der Waals surface area contributed by atoms with Crippen molar-refractivity contribution in [1.82, 2.24) is 15.5 Å². The van der Waals surface area contributed by atoms with Crippen LogP contribution in [0, 0.1) is 6.92 Å². The summed E-state index contributed by atoms with van der Waals surface area (Å²) in [6, 6.07) is 19.1. The van der Waals surface area contributed by atoms with Gasteiger partial charge in [0.15, 0.2) is 5.11 Å². The summed E-state index contributed by atoms with van der Waals surface area (Å²) in [7, 11) is 4.17. The lowest BCUT2D eigenvalue weighted by molar-refractivity contribution is 0.400. The molecule has 4 heteroatoms. The Morgan fingerprint density at radius 3 is 2.25 bits per heavy atom. The number of aryl methyl sites for hydroxylation is 1. The van der Waals surface area contributed by atoms with Crippen LogP contribution in [0.4, 0.5) is 0 Å². The van der Waals surface area contributed by atoms with Crippen LogP contribution in [0.15, 0.2) is 54.6 Å². The summed E-state index contributed by atoms with van der Waals surface area (Å²) in [6.07, 6.45) is 1.06. The van der Waals surface area contributed by atoms with Gasteiger partial charge in [-0.05, 0) is 57.3 Å². The topological polar surface area (TPSA) is 27.3 Å². The quantitative estimate of drug-likeness (QED) is 0.595. The van der Waals surface area contributed by atoms with Gasteiger partial charge in [-0.3, -0.25) is 0 Å². The molecule has 0 radical (unpaired) electrons. The fourth-order valence-electron chi connectivity index (χ4n) is 2.54. The average molecular weight is 342 g/mol. The van der Waals surface area contributed by atoms with E-state index in [2.05, 4.69) is 85.1 Å². The van der Waals surface area contributed by atoms with Gasteiger partial charge in [0.25, 0.3) is 0 Å². The van der Waals surface area contributed by atoms with E-state index in [1.165, 1.54) is 16.7 Å². The fraction of sp³-hybridized carbons (Fsp3) is 0.350. The molecule has 0 saturated heterocycles. The first-order chi connectivity index (χ1) is 11.6. The first-order valence-electron chi connectivity index (χ1n) is 8.37. The molecular formula is C20H27N3S. The first-order valence-corrected chi connectivity index (χ1v) is 8.77. The highest BCUT2D eigenvalue weighted by atomic mass is 32.1. The van der Waals surface area contributed by atoms with Gasteiger partial charge in [0.05, 0.1) is 6.04 Å². The summed E-state index contributed by atoms with van der Waals surface area (Å²) < 4.78 is 0. The second-order valence-corrected chi connectivity index (χ2v) is 6.72. The fourth-order valence-corrected chi connectivity index (χ4v) is 2.76. The van der Waals surface area contributed by atoms with E-state index in [0.717, 1.165) is 19.5 Å². The van der Waals surface area contributed by atoms with Gasteiger partial charge in [-0.2, -0.15) is 0 Å². The van der Waals surface area contributed by atoms with Gasteiger partial charge in [0, 0.05) is 6.54 Å². The molecule has 3 nitrogen and oxygen atoms in total. The van der Waals surface area contributed by atoms with Crippen molar-refractivity contribution in [3.8, 4) is 0 Å². The monoisotopic (exact) mass is 341 g/mol. The predicted octanol–water partition coefficient (Wildman–Crippen LogP) is 3.50. The van der Waals surface area contributed by atoms with E-state index in [1.54, 1.807) is 0 Å². The molecule has 2 aromatic rings. The van der Waals surface area contributed by atoms with Crippen molar-refractivity contribution in [3.63, 3.8) is 0 Å². The van der Waals surface area contributed by atoms with Gasteiger partial charge in [-0.1, -0.05) is 60.2 Å². The van der Waals surface area contributed by atoms with Crippen LogP contribution in [0.25, 0.3) is 0 Å². The third-order valence-corrected chi connectivity index (χ3v) is 4.15. The van der Waals surface area contributed by atoms with Crippen molar-refractivity contribution >= 4 is 17.3 Å². The van der Waals surface area contributed by atoms with Crippen LogP contribution in [0.1, 0.15) is 29.2 Å². The van der Waals surface area contributed by atoms with E-state index in [-0.39, 0.29) is 6.04 Å². The molecule has 2 N–H and O–H groups in total. The Kier molecular flexibility index (Phi) is 7.22. The molecule has 0 aliphatic rings. The molecule has 2 rings (SSSR count). The maximum absolute atomic E-state index is 5.50. The normalized spacial score (nSPS) is 12.0. The van der Waals surface area contributed by atoms with Gasteiger partial charge in [0.2, 0.25) is 0 Å². The molecule has 0 aliphatic carbocycles. The minimum atomic E-state index is 0.0562. The first kappa shape index (κ1) is 18.4. The molecule has 128 valence electrons. The van der Waals surface area contributed by atoms with E-state index >= 15 is 0 Å². The van der Waals surface area contributed by atoms with E-state index in [9.17, 15) is 0 Å². The largest absolute Gasteiger partial charge is 0.363 e. The Morgan fingerprint density at radius 1 is 1.00 bits per heavy atom. The summed E-state index contributed by atoms with van der Waals surface area (Å²) in [5.74, 6) is 0. The zero-order valence-corrected chi connectivity index (χ0v) is 15.6. The maximum atomic E-state index is 5.50. The zero-order chi connectivity index (χ0) is 17.4. The van der Waals surface area contributed by atoms with Crippen LogP contribution in [0.5, 0.6) is 0 Å². The predicted molar refractivity (Wildman–Crippen MR) is 106 cm³/mol. The van der Waals surface area contributed by atoms with Gasteiger partial charge in [-0.25, -0.2) is 0 Å². The van der Waals surface area contributed by atoms with Crippen LogP contribution in [-0.4, -0.2) is 37.2 Å². The minimum Gasteiger partial charge on any atom is -0.363 e. The van der Waals surface area contributed by atoms with Crippen LogP contribution >= 0.6 is 12.2 Å². The van der Waals surface area contributed by atoms with E-state index in [4.69, 9.17) is 12.2 Å². The summed E-state index contributed by atoms with van der Waals surface area (Å²) in [5.41, 5.74) is 3.68. The summed E-state index contributed by atoms with van der Waals surface area (Å²) in [6.45, 7) is 4.03. The number of nitrogens with one attached hydrogen (secondary N) is 2. The highest BCUT2D eigenvalue weighted by Crippen LogP contribution is 2.22. The second-order valence-electron chi connectivity index (χ2n) is 6.31. The third-order valence-electron chi connectivity index (χ3n) is 3.89. The maximum Gasteiger partial charge on any atom is 0.167 e. The lowest BCUT2D eigenvalue weighted by Crippen LogP contribution is -2.39. The molecule has 0 aliphatic heterocycles. The molecule has 0 heterocycles. The number of thiocarbonyl (C=S) groups is 1. The Bertz CT molecular complexity index is 623. The number of nitrogens with zero attached hydrogens (tertiary/aromatic N) is 1. The SMILES string of the molecule is Cc1ccc([C@H](NC(=S)NCCCN(C)C)c2ccccc2)cc1. The smallest absolute Gasteiger partial charge is 0.167 e. The van der Waals surface area contributed by atoms with E-state index in [0.29, 0.717) is 5.11 Å². The Labute approximate surface area is 151 Å². The summed E-state index contributed by atoms with van der Waals surface area (Å²) in [5, 5.41) is 7.47. The van der Waals surface area contributed by atoms with Crippen molar-refractivity contribution in [3.05, 3.63) is 71.3 Å². The minimum absolute atomic E-state index is 0.0562. The van der Waals surface area contributed by atoms with Crippen LogP contribution in [-0.2, 0) is 0 Å². The molecule has 0 saturated carbocycles. The molecular weight excluding hydrogens is 314 g/mol. The molecule has 0 aromatic heterocycles. The number of hydrogen-bond acceptors (Lipinski definition) is 2. The van der Waals surface area contributed by atoms with E-state index in [1.807, 2.05) is 6.07 Å². The highest BCUT2D eigenvalue weighted by molar-refractivity contribution is 7.80.